The molecule has 0 heterocycles. The minimum atomic E-state index is -0.469. The van der Waals surface area contributed by atoms with Gasteiger partial charge in [-0.05, 0) is 47.0 Å². The molecule has 0 aromatic rings. The lowest BCUT2D eigenvalue weighted by Gasteiger charge is -2.35. The first kappa shape index (κ1) is 23.0. The number of amides is 1. The van der Waals surface area contributed by atoms with Gasteiger partial charge in [-0.25, -0.2) is 4.79 Å². The van der Waals surface area contributed by atoms with Crippen LogP contribution in [0.15, 0.2) is 0 Å². The lowest BCUT2D eigenvalue weighted by atomic mass is 10.1. The Morgan fingerprint density at radius 2 is 1.78 bits per heavy atom. The average Bonchev–Trinajstić information content (AvgIpc) is 2.42. The Bertz CT molecular complexity index is 342. The molecule has 4 nitrogen and oxygen atoms in total. The fourth-order valence-electron chi connectivity index (χ4n) is 2.14. The Morgan fingerprint density at radius 3 is 2.22 bits per heavy atom. The molecular weight excluding hydrogens is 405 g/mol. The number of carbonyl (C=O) groups is 1. The number of hydrogen-bond donors (Lipinski definition) is 0. The van der Waals surface area contributed by atoms with Gasteiger partial charge in [0.25, 0.3) is 0 Å². The van der Waals surface area contributed by atoms with Crippen molar-refractivity contribution in [2.75, 3.05) is 24.1 Å². The number of halogens is 1. The van der Waals surface area contributed by atoms with E-state index in [2.05, 4.69) is 43.4 Å². The van der Waals surface area contributed by atoms with Crippen LogP contribution in [0.5, 0.6) is 0 Å². The third kappa shape index (κ3) is 11.2. The smallest absolute Gasteiger partial charge is 0.410 e. The maximum absolute atomic E-state index is 12.3. The van der Waals surface area contributed by atoms with Gasteiger partial charge in [0.1, 0.15) is 5.60 Å². The van der Waals surface area contributed by atoms with Gasteiger partial charge in [0, 0.05) is 17.6 Å². The topological polar surface area (TPSA) is 38.8 Å². The van der Waals surface area contributed by atoms with Crippen LogP contribution in [0, 0.1) is 5.92 Å². The summed E-state index contributed by atoms with van der Waals surface area (Å²) in [7, 11) is 0. The van der Waals surface area contributed by atoms with E-state index in [1.807, 2.05) is 27.7 Å². The van der Waals surface area contributed by atoms with E-state index in [0.717, 1.165) is 23.4 Å². The van der Waals surface area contributed by atoms with Gasteiger partial charge in [0.15, 0.2) is 0 Å². The molecule has 0 aliphatic carbocycles. The third-order valence-corrected chi connectivity index (χ3v) is 5.08. The highest BCUT2D eigenvalue weighted by molar-refractivity contribution is 14.1. The SMILES string of the molecule is CCN(CC(C)(CI)OCCCCC(C)C)C(=O)OC(C)(C)C. The Kier molecular flexibility index (Phi) is 10.7. The molecule has 0 fully saturated rings. The summed E-state index contributed by atoms with van der Waals surface area (Å²) in [6.45, 7) is 16.1. The molecule has 0 aromatic heterocycles. The van der Waals surface area contributed by atoms with Crippen LogP contribution in [0.1, 0.15) is 67.7 Å². The first-order valence-corrected chi connectivity index (χ1v) is 10.2. The number of carbonyl (C=O) groups excluding carboxylic acids is 1. The molecule has 0 aliphatic heterocycles. The summed E-state index contributed by atoms with van der Waals surface area (Å²) in [6.07, 6.45) is 3.24. The number of hydrogen-bond acceptors (Lipinski definition) is 3. The number of alkyl halides is 1. The molecule has 0 saturated heterocycles. The minimum absolute atomic E-state index is 0.264. The molecule has 0 radical (unpaired) electrons. The first-order chi connectivity index (χ1) is 10.5. The zero-order valence-electron chi connectivity index (χ0n) is 16.1. The molecule has 1 unspecified atom stereocenters. The maximum Gasteiger partial charge on any atom is 0.410 e. The Hall–Kier alpha value is -0.0400. The molecule has 0 aliphatic rings. The fourth-order valence-corrected chi connectivity index (χ4v) is 2.60. The van der Waals surface area contributed by atoms with Crippen molar-refractivity contribution in [1.29, 1.82) is 0 Å². The number of rotatable bonds is 10. The van der Waals surface area contributed by atoms with Gasteiger partial charge in [-0.1, -0.05) is 49.3 Å². The standard InChI is InChI=1S/C18H36INO3/c1-8-20(16(21)23-17(4,5)6)14-18(7,13-19)22-12-10-9-11-15(2)3/h15H,8-14H2,1-7H3. The van der Waals surface area contributed by atoms with E-state index in [4.69, 9.17) is 9.47 Å². The predicted molar refractivity (Wildman–Crippen MR) is 105 cm³/mol. The van der Waals surface area contributed by atoms with Gasteiger partial charge in [0.2, 0.25) is 0 Å². The first-order valence-electron chi connectivity index (χ1n) is 8.71. The van der Waals surface area contributed by atoms with Gasteiger partial charge in [0.05, 0.1) is 12.1 Å². The second kappa shape index (κ2) is 10.7. The Balaban J connectivity index is 4.46. The number of unbranched alkanes of at least 4 members (excludes halogenated alkanes) is 1. The number of nitrogens with zero attached hydrogens (tertiary/aromatic N) is 1. The fraction of sp³-hybridized carbons (Fsp3) is 0.944. The van der Waals surface area contributed by atoms with Crippen molar-refractivity contribution in [3.8, 4) is 0 Å². The summed E-state index contributed by atoms with van der Waals surface area (Å²) in [5.74, 6) is 0.744. The predicted octanol–water partition coefficient (Wildman–Crippen LogP) is 5.28. The van der Waals surface area contributed by atoms with Crippen LogP contribution in [-0.4, -0.2) is 46.3 Å². The maximum atomic E-state index is 12.3. The van der Waals surface area contributed by atoms with Gasteiger partial charge in [-0.15, -0.1) is 0 Å². The molecule has 1 atom stereocenters. The zero-order valence-corrected chi connectivity index (χ0v) is 18.2. The van der Waals surface area contributed by atoms with Crippen molar-refractivity contribution >= 4 is 28.7 Å². The van der Waals surface area contributed by atoms with E-state index in [1.165, 1.54) is 12.8 Å². The van der Waals surface area contributed by atoms with E-state index in [1.54, 1.807) is 4.90 Å². The molecule has 1 amide bonds. The summed E-state index contributed by atoms with van der Waals surface area (Å²) >= 11 is 2.34. The molecule has 0 spiro atoms. The molecule has 0 bridgehead atoms. The van der Waals surface area contributed by atoms with E-state index in [9.17, 15) is 4.79 Å². The molecule has 5 heteroatoms. The van der Waals surface area contributed by atoms with Crippen molar-refractivity contribution in [3.63, 3.8) is 0 Å². The second-order valence-electron chi connectivity index (χ2n) is 7.82. The van der Waals surface area contributed by atoms with Gasteiger partial charge in [-0.2, -0.15) is 0 Å². The molecule has 23 heavy (non-hydrogen) atoms. The molecule has 0 rings (SSSR count). The minimum Gasteiger partial charge on any atom is -0.444 e. The van der Waals surface area contributed by atoms with Crippen LogP contribution < -0.4 is 0 Å². The van der Waals surface area contributed by atoms with Crippen LogP contribution in [0.2, 0.25) is 0 Å². The monoisotopic (exact) mass is 441 g/mol. The third-order valence-electron chi connectivity index (χ3n) is 3.47. The molecule has 0 saturated carbocycles. The van der Waals surface area contributed by atoms with E-state index in [0.29, 0.717) is 13.1 Å². The van der Waals surface area contributed by atoms with E-state index in [-0.39, 0.29) is 11.7 Å². The lowest BCUT2D eigenvalue weighted by Crippen LogP contribution is -2.48. The number of ether oxygens (including phenoxy) is 2. The Morgan fingerprint density at radius 1 is 1.17 bits per heavy atom. The summed E-state index contributed by atoms with van der Waals surface area (Å²) in [5.41, 5.74) is -0.797. The Labute approximate surface area is 156 Å². The van der Waals surface area contributed by atoms with Gasteiger partial charge < -0.3 is 14.4 Å². The van der Waals surface area contributed by atoms with Crippen molar-refractivity contribution in [2.24, 2.45) is 5.92 Å². The van der Waals surface area contributed by atoms with Crippen LogP contribution in [0.3, 0.4) is 0 Å². The number of likely N-dealkylation sites (N-methyl/N-ethyl adjacent to an activating group) is 1. The highest BCUT2D eigenvalue weighted by atomic mass is 127. The van der Waals surface area contributed by atoms with Gasteiger partial charge >= 0.3 is 6.09 Å². The van der Waals surface area contributed by atoms with Crippen molar-refractivity contribution in [2.45, 2.75) is 78.9 Å². The normalized spacial score (nSPS) is 14.7. The summed E-state index contributed by atoms with van der Waals surface area (Å²) in [4.78, 5) is 14.0. The van der Waals surface area contributed by atoms with E-state index < -0.39 is 5.60 Å². The van der Waals surface area contributed by atoms with Crippen LogP contribution in [0.4, 0.5) is 4.79 Å². The molecule has 0 aromatic carbocycles. The molecule has 138 valence electrons. The van der Waals surface area contributed by atoms with Crippen molar-refractivity contribution < 1.29 is 14.3 Å². The highest BCUT2D eigenvalue weighted by Crippen LogP contribution is 2.19. The van der Waals surface area contributed by atoms with Gasteiger partial charge in [-0.3, -0.25) is 0 Å². The summed E-state index contributed by atoms with van der Waals surface area (Å²) < 4.78 is 12.4. The van der Waals surface area contributed by atoms with Crippen LogP contribution in [-0.2, 0) is 9.47 Å². The summed E-state index contributed by atoms with van der Waals surface area (Å²) in [5, 5.41) is 0. The van der Waals surface area contributed by atoms with E-state index >= 15 is 0 Å². The quantitative estimate of drug-likeness (QED) is 0.263. The second-order valence-corrected chi connectivity index (χ2v) is 8.58. The summed E-state index contributed by atoms with van der Waals surface area (Å²) in [6, 6.07) is 0. The zero-order chi connectivity index (χ0) is 18.1. The lowest BCUT2D eigenvalue weighted by molar-refractivity contribution is -0.0425. The van der Waals surface area contributed by atoms with Crippen LogP contribution in [0.25, 0.3) is 0 Å². The molecular formula is C18H36INO3. The van der Waals surface area contributed by atoms with Crippen molar-refractivity contribution in [1.82, 2.24) is 4.90 Å². The average molecular weight is 441 g/mol. The largest absolute Gasteiger partial charge is 0.444 e. The van der Waals surface area contributed by atoms with Crippen molar-refractivity contribution in [3.05, 3.63) is 0 Å². The highest BCUT2D eigenvalue weighted by Gasteiger charge is 2.30. The van der Waals surface area contributed by atoms with Crippen LogP contribution >= 0.6 is 22.6 Å². The molecule has 0 N–H and O–H groups in total.